The van der Waals surface area contributed by atoms with E-state index in [0.717, 1.165) is 25.1 Å². The van der Waals surface area contributed by atoms with Crippen LogP contribution in [-0.2, 0) is 16.0 Å². The molecule has 4 rings (SSSR count). The summed E-state index contributed by atoms with van der Waals surface area (Å²) in [4.78, 5) is 12.6. The topological polar surface area (TPSA) is 47.6 Å². The Labute approximate surface area is 168 Å². The fourth-order valence-electron chi connectivity index (χ4n) is 5.67. The van der Waals surface area contributed by atoms with Gasteiger partial charge in [0.25, 0.3) is 0 Å². The van der Waals surface area contributed by atoms with Gasteiger partial charge < -0.3 is 14.8 Å². The first-order valence-electron chi connectivity index (χ1n) is 10.8. The summed E-state index contributed by atoms with van der Waals surface area (Å²) in [5.41, 5.74) is 3.00. The molecule has 4 heteroatoms. The Morgan fingerprint density at radius 1 is 1.32 bits per heavy atom. The molecule has 1 saturated carbocycles. The van der Waals surface area contributed by atoms with Crippen LogP contribution in [0.1, 0.15) is 45.1 Å². The van der Waals surface area contributed by atoms with E-state index >= 15 is 0 Å². The highest BCUT2D eigenvalue weighted by Gasteiger charge is 2.51. The van der Waals surface area contributed by atoms with Crippen LogP contribution in [0.3, 0.4) is 0 Å². The lowest BCUT2D eigenvalue weighted by Crippen LogP contribution is -2.40. The van der Waals surface area contributed by atoms with Crippen LogP contribution in [0.15, 0.2) is 35.9 Å². The van der Waals surface area contributed by atoms with E-state index in [9.17, 15) is 4.79 Å². The van der Waals surface area contributed by atoms with Gasteiger partial charge in [0.2, 0.25) is 0 Å². The minimum absolute atomic E-state index is 0.0217. The Kier molecular flexibility index (Phi) is 5.50. The van der Waals surface area contributed by atoms with Crippen molar-refractivity contribution >= 4 is 5.97 Å². The summed E-state index contributed by atoms with van der Waals surface area (Å²) < 4.78 is 11.3. The number of carbonyl (C=O) groups excluding carboxylic acids is 1. The molecule has 2 aliphatic carbocycles. The second-order valence-corrected chi connectivity index (χ2v) is 9.11. The Morgan fingerprint density at radius 3 is 2.96 bits per heavy atom. The van der Waals surface area contributed by atoms with Gasteiger partial charge in [-0.05, 0) is 55.2 Å². The molecule has 0 amide bonds. The van der Waals surface area contributed by atoms with Crippen molar-refractivity contribution in [1.29, 1.82) is 0 Å². The summed E-state index contributed by atoms with van der Waals surface area (Å²) in [6.07, 6.45) is 8.16. The van der Waals surface area contributed by atoms with Crippen molar-refractivity contribution in [2.45, 2.75) is 52.1 Å². The zero-order valence-electron chi connectivity index (χ0n) is 17.4. The molecule has 1 aromatic carbocycles. The highest BCUT2D eigenvalue weighted by molar-refractivity contribution is 5.76. The fourth-order valence-corrected chi connectivity index (χ4v) is 5.67. The van der Waals surface area contributed by atoms with E-state index in [-0.39, 0.29) is 29.3 Å². The number of nitrogens with one attached hydrogen (secondary N) is 1. The molecule has 1 heterocycles. The maximum atomic E-state index is 12.6. The summed E-state index contributed by atoms with van der Waals surface area (Å²) in [6, 6.07) is 8.11. The van der Waals surface area contributed by atoms with Crippen LogP contribution in [0.5, 0.6) is 5.75 Å². The number of para-hydroxylation sites is 1. The van der Waals surface area contributed by atoms with Crippen LogP contribution in [0, 0.1) is 23.2 Å². The van der Waals surface area contributed by atoms with Crippen LogP contribution in [0.2, 0.25) is 0 Å². The molecular weight excluding hydrogens is 350 g/mol. The Bertz CT molecular complexity index is 758. The summed E-state index contributed by atoms with van der Waals surface area (Å²) in [5, 5.41) is 3.50. The van der Waals surface area contributed by atoms with Gasteiger partial charge in [0.05, 0.1) is 13.0 Å². The first-order valence-corrected chi connectivity index (χ1v) is 10.8. The molecule has 1 aliphatic heterocycles. The number of fused-ring (bicyclic) bond motifs is 2. The molecule has 1 aromatic rings. The van der Waals surface area contributed by atoms with Gasteiger partial charge in [-0.2, -0.15) is 0 Å². The molecule has 0 bridgehead atoms. The lowest BCUT2D eigenvalue weighted by molar-refractivity contribution is -0.145. The van der Waals surface area contributed by atoms with Crippen molar-refractivity contribution < 1.29 is 14.3 Å². The minimum atomic E-state index is -0.0613. The number of hydrogen-bond donors (Lipinski definition) is 1. The summed E-state index contributed by atoms with van der Waals surface area (Å²) >= 11 is 0. The van der Waals surface area contributed by atoms with Crippen LogP contribution < -0.4 is 10.1 Å². The highest BCUT2D eigenvalue weighted by Crippen LogP contribution is 2.53. The number of ether oxygens (including phenoxy) is 2. The molecule has 0 radical (unpaired) electrons. The smallest absolute Gasteiger partial charge is 0.311 e. The lowest BCUT2D eigenvalue weighted by Gasteiger charge is -2.46. The number of allylic oxidation sites excluding steroid dienone is 1. The Hall–Kier alpha value is -1.81. The van der Waals surface area contributed by atoms with Crippen molar-refractivity contribution in [3.05, 3.63) is 41.5 Å². The first-order chi connectivity index (χ1) is 13.5. The van der Waals surface area contributed by atoms with E-state index in [1.54, 1.807) is 12.7 Å². The van der Waals surface area contributed by atoms with Gasteiger partial charge in [-0.15, -0.1) is 0 Å². The SMILES string of the molecule is COc1ccccc1CCNCC1C(=O)OC2CC3(C)CCCC(C)C3=CC21. The van der Waals surface area contributed by atoms with Gasteiger partial charge in [0, 0.05) is 12.5 Å². The third-order valence-electron chi connectivity index (χ3n) is 7.21. The largest absolute Gasteiger partial charge is 0.496 e. The van der Waals surface area contributed by atoms with E-state index in [4.69, 9.17) is 9.47 Å². The van der Waals surface area contributed by atoms with Crippen molar-refractivity contribution in [3.63, 3.8) is 0 Å². The number of hydrogen-bond acceptors (Lipinski definition) is 4. The molecule has 0 spiro atoms. The van der Waals surface area contributed by atoms with Gasteiger partial charge in [-0.25, -0.2) is 0 Å². The van der Waals surface area contributed by atoms with Crippen molar-refractivity contribution in [3.8, 4) is 5.75 Å². The van der Waals surface area contributed by atoms with Gasteiger partial charge in [0.15, 0.2) is 0 Å². The molecule has 3 aliphatic rings. The quantitative estimate of drug-likeness (QED) is 0.456. The number of rotatable bonds is 6. The predicted octanol–water partition coefficient (Wildman–Crippen LogP) is 4.14. The zero-order chi connectivity index (χ0) is 19.7. The molecule has 28 heavy (non-hydrogen) atoms. The van der Waals surface area contributed by atoms with Gasteiger partial charge in [-0.3, -0.25) is 4.79 Å². The van der Waals surface area contributed by atoms with Crippen molar-refractivity contribution in [2.75, 3.05) is 20.2 Å². The molecular formula is C24H33NO3. The molecule has 5 atom stereocenters. The summed E-state index contributed by atoms with van der Waals surface area (Å²) in [6.45, 7) is 6.23. The minimum Gasteiger partial charge on any atom is -0.496 e. The standard InChI is InChI=1S/C24H33NO3/c1-16-7-6-11-24(2)14-22-18(13-20(16)24)19(23(26)28-22)15-25-12-10-17-8-4-5-9-21(17)27-3/h4-5,8-9,13,16,18-19,22,25H,6-7,10-12,14-15H2,1-3H3. The normalized spacial score (nSPS) is 34.2. The third kappa shape index (κ3) is 3.59. The molecule has 2 fully saturated rings. The van der Waals surface area contributed by atoms with Crippen molar-refractivity contribution in [2.24, 2.45) is 23.2 Å². The molecule has 0 aromatic heterocycles. The van der Waals surface area contributed by atoms with Gasteiger partial charge in [-0.1, -0.05) is 50.1 Å². The molecule has 152 valence electrons. The highest BCUT2D eigenvalue weighted by atomic mass is 16.6. The number of carbonyl (C=O) groups is 1. The molecule has 4 nitrogen and oxygen atoms in total. The molecule has 1 N–H and O–H groups in total. The van der Waals surface area contributed by atoms with E-state index in [2.05, 4.69) is 31.3 Å². The van der Waals surface area contributed by atoms with E-state index in [1.165, 1.54) is 24.8 Å². The zero-order valence-corrected chi connectivity index (χ0v) is 17.4. The second kappa shape index (κ2) is 7.90. The maximum absolute atomic E-state index is 12.6. The van der Waals surface area contributed by atoms with E-state index in [0.29, 0.717) is 12.5 Å². The van der Waals surface area contributed by atoms with Crippen LogP contribution in [-0.4, -0.2) is 32.3 Å². The molecule has 1 saturated heterocycles. The van der Waals surface area contributed by atoms with E-state index in [1.807, 2.05) is 18.2 Å². The Balaban J connectivity index is 1.39. The van der Waals surface area contributed by atoms with Crippen LogP contribution >= 0.6 is 0 Å². The Morgan fingerprint density at radius 2 is 2.14 bits per heavy atom. The average molecular weight is 384 g/mol. The summed E-state index contributed by atoms with van der Waals surface area (Å²) in [7, 11) is 1.71. The number of methoxy groups -OCH3 is 1. The van der Waals surface area contributed by atoms with Gasteiger partial charge >= 0.3 is 5.97 Å². The maximum Gasteiger partial charge on any atom is 0.311 e. The predicted molar refractivity (Wildman–Crippen MR) is 110 cm³/mol. The van der Waals surface area contributed by atoms with Crippen LogP contribution in [0.4, 0.5) is 0 Å². The van der Waals surface area contributed by atoms with Crippen LogP contribution in [0.25, 0.3) is 0 Å². The molecule has 5 unspecified atom stereocenters. The number of esters is 1. The lowest BCUT2D eigenvalue weighted by atomic mass is 9.59. The van der Waals surface area contributed by atoms with Crippen molar-refractivity contribution in [1.82, 2.24) is 5.32 Å². The average Bonchev–Trinajstić information content (AvgIpc) is 2.97. The number of benzene rings is 1. The summed E-state index contributed by atoms with van der Waals surface area (Å²) in [5.74, 6) is 1.71. The second-order valence-electron chi connectivity index (χ2n) is 9.11. The fraction of sp³-hybridized carbons (Fsp3) is 0.625. The van der Waals surface area contributed by atoms with E-state index < -0.39 is 0 Å². The first kappa shape index (κ1) is 19.5. The van der Waals surface area contributed by atoms with Gasteiger partial charge in [0.1, 0.15) is 11.9 Å². The monoisotopic (exact) mass is 383 g/mol. The third-order valence-corrected chi connectivity index (χ3v) is 7.21.